The minimum Gasteiger partial charge on any atom is -0.464 e. The third kappa shape index (κ3) is 3.72. The molecule has 0 atom stereocenters. The summed E-state index contributed by atoms with van der Waals surface area (Å²) in [5.74, 6) is 0.975. The Kier molecular flexibility index (Phi) is 4.59. The summed E-state index contributed by atoms with van der Waals surface area (Å²) in [5, 5.41) is 10.8. The Morgan fingerprint density at radius 3 is 2.64 bits per heavy atom. The third-order valence-corrected chi connectivity index (χ3v) is 2.99. The first-order chi connectivity index (χ1) is 10.4. The molecule has 1 heterocycles. The van der Waals surface area contributed by atoms with Crippen LogP contribution >= 0.6 is 0 Å². The Balaban J connectivity index is 2.24. The van der Waals surface area contributed by atoms with Crippen molar-refractivity contribution in [3.05, 3.63) is 52.0 Å². The molecule has 0 aliphatic rings. The van der Waals surface area contributed by atoms with Crippen molar-refractivity contribution < 1.29 is 22.9 Å². The van der Waals surface area contributed by atoms with Crippen molar-refractivity contribution >= 4 is 11.4 Å². The first-order valence-electron chi connectivity index (χ1n) is 6.36. The molecule has 2 rings (SSSR count). The molecule has 0 radical (unpaired) electrons. The fraction of sp³-hybridized carbons (Fsp3) is 0.286. The number of hydrogen-bond donors (Lipinski definition) is 0. The van der Waals surface area contributed by atoms with Gasteiger partial charge in [0, 0.05) is 24.9 Å². The second-order valence-electron chi connectivity index (χ2n) is 4.66. The second kappa shape index (κ2) is 6.42. The molecular formula is C14H14F2N2O4. The van der Waals surface area contributed by atoms with Gasteiger partial charge in [-0.2, -0.15) is 8.78 Å². The van der Waals surface area contributed by atoms with Gasteiger partial charge < -0.3 is 14.1 Å². The van der Waals surface area contributed by atoms with E-state index in [-0.39, 0.29) is 0 Å². The maximum atomic E-state index is 12.4. The zero-order valence-electron chi connectivity index (χ0n) is 12.0. The van der Waals surface area contributed by atoms with Gasteiger partial charge in [-0.3, -0.25) is 10.1 Å². The zero-order valence-corrected chi connectivity index (χ0v) is 12.0. The lowest BCUT2D eigenvalue weighted by Crippen LogP contribution is -2.16. The number of alkyl halides is 2. The molecule has 1 aromatic heterocycles. The van der Waals surface area contributed by atoms with Crippen LogP contribution in [0.2, 0.25) is 0 Å². The van der Waals surface area contributed by atoms with Gasteiger partial charge in [-0.15, -0.1) is 0 Å². The van der Waals surface area contributed by atoms with Crippen molar-refractivity contribution in [1.82, 2.24) is 0 Å². The zero-order chi connectivity index (χ0) is 16.3. The van der Waals surface area contributed by atoms with Gasteiger partial charge in [-0.1, -0.05) is 0 Å². The van der Waals surface area contributed by atoms with Gasteiger partial charge >= 0.3 is 12.3 Å². The molecule has 2 aromatic rings. The predicted molar refractivity (Wildman–Crippen MR) is 75.3 cm³/mol. The number of nitrogens with zero attached hydrogens (tertiary/aromatic N) is 2. The Morgan fingerprint density at radius 1 is 1.36 bits per heavy atom. The van der Waals surface area contributed by atoms with E-state index in [2.05, 4.69) is 4.74 Å². The summed E-state index contributed by atoms with van der Waals surface area (Å²) >= 11 is 0. The molecule has 0 amide bonds. The standard InChI is InChI=1S/C14H14F2N2O4/c1-9-3-5-11(21-9)8-17(2)10-4-6-12(18(19)20)13(7-10)22-14(15)16/h3-7,14H,8H2,1-2H3. The fourth-order valence-corrected chi connectivity index (χ4v) is 1.98. The quantitative estimate of drug-likeness (QED) is 0.600. The summed E-state index contributed by atoms with van der Waals surface area (Å²) in [7, 11) is 1.71. The number of anilines is 1. The molecule has 0 saturated heterocycles. The predicted octanol–water partition coefficient (Wildman–Crippen LogP) is 3.73. The molecule has 22 heavy (non-hydrogen) atoms. The lowest BCUT2D eigenvalue weighted by Gasteiger charge is -2.18. The number of aryl methyl sites for hydroxylation is 1. The van der Waals surface area contributed by atoms with Crippen LogP contribution in [0.15, 0.2) is 34.7 Å². The summed E-state index contributed by atoms with van der Waals surface area (Å²) in [6.07, 6.45) is 0. The molecule has 0 saturated carbocycles. The topological polar surface area (TPSA) is 68.8 Å². The number of rotatable bonds is 6. The Bertz CT molecular complexity index is 673. The minimum atomic E-state index is -3.13. The van der Waals surface area contributed by atoms with Gasteiger partial charge in [0.05, 0.1) is 11.5 Å². The largest absolute Gasteiger partial charge is 0.464 e. The lowest BCUT2D eigenvalue weighted by molar-refractivity contribution is -0.386. The molecule has 8 heteroatoms. The monoisotopic (exact) mass is 312 g/mol. The van der Waals surface area contributed by atoms with Crippen LogP contribution in [0, 0.1) is 17.0 Å². The number of halogens is 2. The van der Waals surface area contributed by atoms with Crippen LogP contribution in [-0.4, -0.2) is 18.6 Å². The van der Waals surface area contributed by atoms with Crippen molar-refractivity contribution in [2.24, 2.45) is 0 Å². The average molecular weight is 312 g/mol. The van der Waals surface area contributed by atoms with Crippen molar-refractivity contribution in [2.75, 3.05) is 11.9 Å². The molecule has 0 fully saturated rings. The van der Waals surface area contributed by atoms with Gasteiger partial charge in [0.25, 0.3) is 0 Å². The highest BCUT2D eigenvalue weighted by molar-refractivity contribution is 5.59. The van der Waals surface area contributed by atoms with E-state index in [4.69, 9.17) is 4.42 Å². The number of ether oxygens (including phenoxy) is 1. The molecule has 0 N–H and O–H groups in total. The van der Waals surface area contributed by atoms with Crippen LogP contribution in [0.1, 0.15) is 11.5 Å². The molecule has 0 aliphatic carbocycles. The van der Waals surface area contributed by atoms with E-state index in [0.29, 0.717) is 18.0 Å². The smallest absolute Gasteiger partial charge is 0.387 e. The van der Waals surface area contributed by atoms with Gasteiger partial charge in [-0.05, 0) is 25.1 Å². The number of nitro benzene ring substituents is 1. The Hall–Kier alpha value is -2.64. The maximum absolute atomic E-state index is 12.4. The Labute approximate surface area is 125 Å². The summed E-state index contributed by atoms with van der Waals surface area (Å²) in [4.78, 5) is 11.8. The second-order valence-corrected chi connectivity index (χ2v) is 4.66. The van der Waals surface area contributed by atoms with Gasteiger partial charge in [0.1, 0.15) is 11.5 Å². The Morgan fingerprint density at radius 2 is 2.09 bits per heavy atom. The summed E-state index contributed by atoms with van der Waals surface area (Å²) in [5.41, 5.74) is -0.0124. The molecule has 0 spiro atoms. The molecule has 6 nitrogen and oxygen atoms in total. The fourth-order valence-electron chi connectivity index (χ4n) is 1.98. The van der Waals surface area contributed by atoms with E-state index in [0.717, 1.165) is 11.8 Å². The third-order valence-electron chi connectivity index (χ3n) is 2.99. The van der Waals surface area contributed by atoms with Crippen molar-refractivity contribution in [2.45, 2.75) is 20.1 Å². The van der Waals surface area contributed by atoms with Crippen LogP contribution in [0.3, 0.4) is 0 Å². The van der Waals surface area contributed by atoms with Crippen molar-refractivity contribution in [3.8, 4) is 5.75 Å². The molecule has 0 aliphatic heterocycles. The SMILES string of the molecule is Cc1ccc(CN(C)c2ccc([N+](=O)[O-])c(OC(F)F)c2)o1. The number of nitro groups is 1. The van der Waals surface area contributed by atoms with Crippen molar-refractivity contribution in [1.29, 1.82) is 0 Å². The summed E-state index contributed by atoms with van der Waals surface area (Å²) in [6, 6.07) is 7.42. The first-order valence-corrected chi connectivity index (χ1v) is 6.36. The van der Waals surface area contributed by atoms with E-state index in [1.165, 1.54) is 12.1 Å². The number of furan rings is 1. The van der Waals surface area contributed by atoms with E-state index in [1.54, 1.807) is 18.0 Å². The summed E-state index contributed by atoms with van der Waals surface area (Å²) in [6.45, 7) is -0.934. The van der Waals surface area contributed by atoms with E-state index in [1.807, 2.05) is 13.0 Å². The van der Waals surface area contributed by atoms with Crippen molar-refractivity contribution in [3.63, 3.8) is 0 Å². The van der Waals surface area contributed by atoms with Gasteiger partial charge in [-0.25, -0.2) is 0 Å². The lowest BCUT2D eigenvalue weighted by atomic mass is 10.2. The number of hydrogen-bond acceptors (Lipinski definition) is 5. The minimum absolute atomic E-state index is 0.389. The highest BCUT2D eigenvalue weighted by Gasteiger charge is 2.20. The maximum Gasteiger partial charge on any atom is 0.387 e. The van der Waals surface area contributed by atoms with Gasteiger partial charge in [0.2, 0.25) is 5.75 Å². The van der Waals surface area contributed by atoms with Crippen LogP contribution in [0.25, 0.3) is 0 Å². The van der Waals surface area contributed by atoms with Crippen LogP contribution < -0.4 is 9.64 Å². The highest BCUT2D eigenvalue weighted by Crippen LogP contribution is 2.33. The van der Waals surface area contributed by atoms with Gasteiger partial charge in [0.15, 0.2) is 0 Å². The molecule has 0 bridgehead atoms. The molecule has 118 valence electrons. The van der Waals surface area contributed by atoms with E-state index < -0.39 is 23.0 Å². The number of benzene rings is 1. The average Bonchev–Trinajstić information content (AvgIpc) is 2.83. The molecule has 0 unspecified atom stereocenters. The van der Waals surface area contributed by atoms with Crippen LogP contribution in [0.5, 0.6) is 5.75 Å². The highest BCUT2D eigenvalue weighted by atomic mass is 19.3. The summed E-state index contributed by atoms with van der Waals surface area (Å²) < 4.78 is 34.4. The molecule has 1 aromatic carbocycles. The van der Waals surface area contributed by atoms with Crippen LogP contribution in [-0.2, 0) is 6.54 Å². The van der Waals surface area contributed by atoms with E-state index >= 15 is 0 Å². The molecular weight excluding hydrogens is 298 g/mol. The van der Waals surface area contributed by atoms with Crippen LogP contribution in [0.4, 0.5) is 20.2 Å². The first kappa shape index (κ1) is 15.7. The van der Waals surface area contributed by atoms with E-state index in [9.17, 15) is 18.9 Å². The normalized spacial score (nSPS) is 10.8.